The van der Waals surface area contributed by atoms with Crippen LogP contribution in [-0.2, 0) is 4.84 Å². The molecule has 1 aliphatic heterocycles. The monoisotopic (exact) mass is 460 g/mol. The van der Waals surface area contributed by atoms with E-state index in [9.17, 15) is 14.1 Å². The number of benzene rings is 1. The van der Waals surface area contributed by atoms with Crippen molar-refractivity contribution in [2.24, 2.45) is 5.34 Å². The number of carbonyl (C=O) groups excluding carboxylic acids is 1. The Morgan fingerprint density at radius 3 is 2.79 bits per heavy atom. The minimum absolute atomic E-state index is 0.115. The summed E-state index contributed by atoms with van der Waals surface area (Å²) in [6, 6.07) is 11.5. The molecule has 1 N–H and O–H groups in total. The second-order valence-corrected chi connectivity index (χ2v) is 8.02. The van der Waals surface area contributed by atoms with Gasteiger partial charge in [-0.05, 0) is 31.2 Å². The van der Waals surface area contributed by atoms with Gasteiger partial charge in [-0.1, -0.05) is 18.2 Å². The third kappa shape index (κ3) is 3.77. The number of rotatable bonds is 5. The van der Waals surface area contributed by atoms with Gasteiger partial charge in [0.2, 0.25) is 0 Å². The first-order valence-electron chi connectivity index (χ1n) is 10.8. The van der Waals surface area contributed by atoms with E-state index in [0.29, 0.717) is 16.9 Å². The third-order valence-electron chi connectivity index (χ3n) is 5.98. The summed E-state index contributed by atoms with van der Waals surface area (Å²) in [5, 5.41) is 6.36. The molecule has 1 fully saturated rings. The fourth-order valence-electron chi connectivity index (χ4n) is 4.37. The fraction of sp³-hybridized carbons (Fsp3) is 0.208. The van der Waals surface area contributed by atoms with E-state index in [0.717, 1.165) is 36.4 Å². The van der Waals surface area contributed by atoms with Gasteiger partial charge in [-0.25, -0.2) is 19.2 Å². The number of piperazine rings is 1. The van der Waals surface area contributed by atoms with Crippen LogP contribution in [0.25, 0.3) is 27.8 Å². The fourth-order valence-corrected chi connectivity index (χ4v) is 4.37. The highest BCUT2D eigenvalue weighted by molar-refractivity contribution is 6.04. The van der Waals surface area contributed by atoms with Gasteiger partial charge in [-0.2, -0.15) is 0 Å². The quantitative estimate of drug-likeness (QED) is 0.356. The van der Waals surface area contributed by atoms with Crippen LogP contribution in [0.2, 0.25) is 0 Å². The van der Waals surface area contributed by atoms with E-state index in [1.54, 1.807) is 35.2 Å². The van der Waals surface area contributed by atoms with E-state index in [2.05, 4.69) is 32.3 Å². The van der Waals surface area contributed by atoms with Crippen LogP contribution < -0.4 is 10.2 Å². The van der Waals surface area contributed by atoms with Gasteiger partial charge in [-0.3, -0.25) is 4.84 Å². The first-order valence-corrected chi connectivity index (χ1v) is 10.8. The highest BCUT2D eigenvalue weighted by atomic mass is 19.1. The summed E-state index contributed by atoms with van der Waals surface area (Å²) in [6.45, 7) is 4.50. The molecule has 4 heterocycles. The molecule has 9 nitrogen and oxygen atoms in total. The molecule has 0 amide bonds. The Bertz CT molecular complexity index is 1390. The highest BCUT2D eigenvalue weighted by Crippen LogP contribution is 2.39. The summed E-state index contributed by atoms with van der Waals surface area (Å²) in [4.78, 5) is 37.9. The predicted molar refractivity (Wildman–Crippen MR) is 125 cm³/mol. The highest BCUT2D eigenvalue weighted by Gasteiger charge is 2.26. The molecule has 1 atom stereocenters. The van der Waals surface area contributed by atoms with Crippen LogP contribution in [-0.4, -0.2) is 46.2 Å². The van der Waals surface area contributed by atoms with Crippen LogP contribution in [0.3, 0.4) is 0 Å². The number of aromatic nitrogens is 3. The Balaban J connectivity index is 1.76. The van der Waals surface area contributed by atoms with Crippen LogP contribution in [0.1, 0.15) is 17.3 Å². The Hall–Kier alpha value is -4.18. The summed E-state index contributed by atoms with van der Waals surface area (Å²) in [5.41, 5.74) is 1.96. The molecule has 10 heteroatoms. The number of anilines is 1. The van der Waals surface area contributed by atoms with E-state index >= 15 is 0 Å². The van der Waals surface area contributed by atoms with Crippen molar-refractivity contribution in [3.05, 3.63) is 77.3 Å². The van der Waals surface area contributed by atoms with Crippen molar-refractivity contribution in [3.8, 4) is 16.9 Å². The predicted octanol–water partition coefficient (Wildman–Crippen LogP) is 3.86. The number of fused-ring (bicyclic) bond motifs is 1. The van der Waals surface area contributed by atoms with Gasteiger partial charge in [-0.15, -0.1) is 4.91 Å². The second-order valence-electron chi connectivity index (χ2n) is 8.02. The molecule has 0 bridgehead atoms. The van der Waals surface area contributed by atoms with Crippen LogP contribution in [0.4, 0.5) is 10.2 Å². The summed E-state index contributed by atoms with van der Waals surface area (Å²) < 4.78 is 16.7. The number of halogens is 1. The smallest absolute Gasteiger partial charge is 0.351 e. The molecule has 1 saturated heterocycles. The Morgan fingerprint density at radius 2 is 2.00 bits per heavy atom. The van der Waals surface area contributed by atoms with Gasteiger partial charge in [0.05, 0.1) is 16.5 Å². The lowest BCUT2D eigenvalue weighted by molar-refractivity contribution is 0.0508. The normalized spacial score (nSPS) is 15.9. The lowest BCUT2D eigenvalue weighted by atomic mass is 10.0. The van der Waals surface area contributed by atoms with Gasteiger partial charge in [0.15, 0.2) is 5.34 Å². The van der Waals surface area contributed by atoms with Crippen molar-refractivity contribution in [1.29, 1.82) is 0 Å². The van der Waals surface area contributed by atoms with Crippen molar-refractivity contribution in [2.75, 3.05) is 24.5 Å². The Morgan fingerprint density at radius 1 is 1.18 bits per heavy atom. The van der Waals surface area contributed by atoms with E-state index in [1.807, 2.05) is 6.07 Å². The molecule has 0 spiro atoms. The largest absolute Gasteiger partial charge is 0.369 e. The van der Waals surface area contributed by atoms with Crippen molar-refractivity contribution < 1.29 is 14.0 Å². The lowest BCUT2D eigenvalue weighted by Gasteiger charge is -2.35. The lowest BCUT2D eigenvalue weighted by Crippen LogP contribution is -2.50. The molecule has 5 rings (SSSR count). The molecule has 0 unspecified atom stereocenters. The minimum atomic E-state index is -0.888. The van der Waals surface area contributed by atoms with E-state index in [1.165, 1.54) is 24.4 Å². The molecule has 4 aromatic rings. The summed E-state index contributed by atoms with van der Waals surface area (Å²) in [6.07, 6.45) is 4.94. The molecule has 3 aromatic heterocycles. The van der Waals surface area contributed by atoms with Gasteiger partial charge in [0, 0.05) is 55.4 Å². The second kappa shape index (κ2) is 8.99. The third-order valence-corrected chi connectivity index (χ3v) is 5.98. The molecule has 34 heavy (non-hydrogen) atoms. The van der Waals surface area contributed by atoms with Crippen molar-refractivity contribution in [2.45, 2.75) is 13.0 Å². The van der Waals surface area contributed by atoms with Crippen LogP contribution in [0, 0.1) is 10.7 Å². The first kappa shape index (κ1) is 21.7. The number of nitrogens with zero attached hydrogens (tertiary/aromatic N) is 5. The van der Waals surface area contributed by atoms with E-state index < -0.39 is 5.97 Å². The summed E-state index contributed by atoms with van der Waals surface area (Å²) >= 11 is 0. The molecule has 0 aliphatic carbocycles. The maximum atomic E-state index is 15.0. The van der Waals surface area contributed by atoms with E-state index in [4.69, 9.17) is 4.98 Å². The Kier molecular flexibility index (Phi) is 5.72. The number of pyridine rings is 2. The molecule has 1 aliphatic rings. The van der Waals surface area contributed by atoms with Gasteiger partial charge >= 0.3 is 5.97 Å². The zero-order chi connectivity index (χ0) is 23.7. The first-order chi connectivity index (χ1) is 16.6. The molecule has 0 radical (unpaired) electrons. The van der Waals surface area contributed by atoms with Gasteiger partial charge in [0.1, 0.15) is 17.5 Å². The average molecular weight is 460 g/mol. The van der Waals surface area contributed by atoms with Crippen LogP contribution >= 0.6 is 0 Å². The van der Waals surface area contributed by atoms with Gasteiger partial charge < -0.3 is 14.8 Å². The van der Waals surface area contributed by atoms with Gasteiger partial charge in [0.25, 0.3) is 0 Å². The van der Waals surface area contributed by atoms with Crippen molar-refractivity contribution in [1.82, 2.24) is 19.9 Å². The van der Waals surface area contributed by atoms with Crippen LogP contribution in [0.15, 0.2) is 66.4 Å². The van der Waals surface area contributed by atoms with Crippen molar-refractivity contribution in [3.63, 3.8) is 0 Å². The zero-order valence-corrected chi connectivity index (χ0v) is 18.3. The summed E-state index contributed by atoms with van der Waals surface area (Å²) in [5.74, 6) is -0.0869. The number of nitrogens with one attached hydrogen (secondary N) is 1. The molecule has 1 aromatic carbocycles. The number of hydrogen-bond donors (Lipinski definition) is 1. The zero-order valence-electron chi connectivity index (χ0n) is 18.3. The minimum Gasteiger partial charge on any atom is -0.351 e. The molecular formula is C24H21FN6O3. The topological polar surface area (TPSA) is 102 Å². The average Bonchev–Trinajstić information content (AvgIpc) is 3.25. The maximum absolute atomic E-state index is 15.0. The molecule has 172 valence electrons. The number of carbonyl (C=O) groups is 1. The molecular weight excluding hydrogens is 439 g/mol. The number of hydrogen-bond acceptors (Lipinski definition) is 8. The summed E-state index contributed by atoms with van der Waals surface area (Å²) in [7, 11) is 0. The van der Waals surface area contributed by atoms with E-state index in [-0.39, 0.29) is 17.4 Å². The SMILES string of the molecule is C[C@H]1CNCCN1c1nccc2c1c(-c1ccccc1F)cn2-c1cc(C(=O)ON=O)ccn1. The van der Waals surface area contributed by atoms with Crippen molar-refractivity contribution >= 4 is 22.7 Å². The van der Waals surface area contributed by atoms with Crippen LogP contribution in [0.5, 0.6) is 0 Å². The maximum Gasteiger partial charge on any atom is 0.369 e. The Labute approximate surface area is 194 Å². The standard InChI is InChI=1S/C24H21FN6O3/c1-15-13-26-10-11-30(15)23-22-18(17-4-2-3-5-19(17)25)14-31(20(22)7-9-28-23)21-12-16(6-8-27-21)24(32)34-29-33/h2-9,12,14-15,26H,10-11,13H2,1H3/t15-/m0/s1. The molecule has 0 saturated carbocycles.